The first-order valence-electron chi connectivity index (χ1n) is 8.13. The fourth-order valence-corrected chi connectivity index (χ4v) is 4.20. The predicted octanol–water partition coefficient (Wildman–Crippen LogP) is 1.77. The fraction of sp³-hybridized carbons (Fsp3) is 0.529. The Balaban J connectivity index is 2.15. The largest absolute Gasteiger partial charge is 0.341 e. The van der Waals surface area contributed by atoms with Crippen molar-refractivity contribution in [3.05, 3.63) is 29.8 Å². The van der Waals surface area contributed by atoms with E-state index in [2.05, 4.69) is 0 Å². The van der Waals surface area contributed by atoms with E-state index in [0.717, 1.165) is 0 Å². The summed E-state index contributed by atoms with van der Waals surface area (Å²) in [4.78, 5) is 25.3. The zero-order chi connectivity index (χ0) is 17.9. The van der Waals surface area contributed by atoms with Crippen molar-refractivity contribution in [2.45, 2.75) is 32.1 Å². The van der Waals surface area contributed by atoms with Gasteiger partial charge in [-0.25, -0.2) is 8.42 Å². The number of carbonyl (C=O) groups excluding carboxylic acids is 2. The Kier molecular flexibility index (Phi) is 5.77. The summed E-state index contributed by atoms with van der Waals surface area (Å²) < 4.78 is 27.0. The van der Waals surface area contributed by atoms with Crippen LogP contribution >= 0.6 is 0 Å². The zero-order valence-electron chi connectivity index (χ0n) is 14.4. The van der Waals surface area contributed by atoms with Crippen molar-refractivity contribution in [2.75, 3.05) is 26.2 Å². The van der Waals surface area contributed by atoms with Gasteiger partial charge in [-0.3, -0.25) is 9.59 Å². The van der Waals surface area contributed by atoms with Crippen molar-refractivity contribution in [1.29, 1.82) is 0 Å². The van der Waals surface area contributed by atoms with Crippen molar-refractivity contribution in [2.24, 2.45) is 5.92 Å². The van der Waals surface area contributed by atoms with Crippen LogP contribution in [0.2, 0.25) is 0 Å². The number of nitrogens with zero attached hydrogens (tertiary/aromatic N) is 2. The van der Waals surface area contributed by atoms with Gasteiger partial charge in [0.2, 0.25) is 15.9 Å². The van der Waals surface area contributed by atoms with Crippen LogP contribution < -0.4 is 0 Å². The van der Waals surface area contributed by atoms with Gasteiger partial charge in [-0.05, 0) is 25.5 Å². The number of hydrogen-bond donors (Lipinski definition) is 0. The van der Waals surface area contributed by atoms with Gasteiger partial charge in [0.15, 0.2) is 5.78 Å². The predicted molar refractivity (Wildman–Crippen MR) is 91.2 cm³/mol. The highest BCUT2D eigenvalue weighted by Crippen LogP contribution is 2.19. The second-order valence-corrected chi connectivity index (χ2v) is 8.26. The van der Waals surface area contributed by atoms with Gasteiger partial charge in [0.05, 0.1) is 4.90 Å². The first-order chi connectivity index (χ1) is 11.2. The molecule has 0 aromatic heterocycles. The van der Waals surface area contributed by atoms with Crippen molar-refractivity contribution in [3.63, 3.8) is 0 Å². The lowest BCUT2D eigenvalue weighted by Crippen LogP contribution is -2.38. The molecule has 0 unspecified atom stereocenters. The lowest BCUT2D eigenvalue weighted by atomic mass is 10.2. The Hall–Kier alpha value is -1.73. The van der Waals surface area contributed by atoms with Crippen LogP contribution in [0.15, 0.2) is 29.2 Å². The van der Waals surface area contributed by atoms with Gasteiger partial charge in [-0.15, -0.1) is 0 Å². The normalized spacial score (nSPS) is 16.9. The van der Waals surface area contributed by atoms with Gasteiger partial charge in [0, 0.05) is 37.7 Å². The highest BCUT2D eigenvalue weighted by molar-refractivity contribution is 7.89. The average Bonchev–Trinajstić information content (AvgIpc) is 2.80. The molecule has 1 aromatic rings. The molecule has 0 aliphatic carbocycles. The molecule has 0 N–H and O–H groups in total. The van der Waals surface area contributed by atoms with E-state index in [-0.39, 0.29) is 29.0 Å². The van der Waals surface area contributed by atoms with Crippen LogP contribution in [-0.2, 0) is 14.8 Å². The first kappa shape index (κ1) is 18.6. The van der Waals surface area contributed by atoms with Crippen molar-refractivity contribution in [3.8, 4) is 0 Å². The SMILES string of the molecule is CC(=O)c1ccc(S(=O)(=O)N2CCCN(C(=O)C(C)C)CC2)cc1. The summed E-state index contributed by atoms with van der Waals surface area (Å²) in [5, 5.41) is 0. The second kappa shape index (κ2) is 7.44. The van der Waals surface area contributed by atoms with Gasteiger partial charge in [0.25, 0.3) is 0 Å². The van der Waals surface area contributed by atoms with E-state index in [1.807, 2.05) is 13.8 Å². The molecule has 1 aromatic carbocycles. The molecule has 0 saturated carbocycles. The number of sulfonamides is 1. The summed E-state index contributed by atoms with van der Waals surface area (Å²) in [5.41, 5.74) is 0.485. The zero-order valence-corrected chi connectivity index (χ0v) is 15.2. The molecule has 0 atom stereocenters. The van der Waals surface area contributed by atoms with Crippen LogP contribution in [0.5, 0.6) is 0 Å². The third-order valence-electron chi connectivity index (χ3n) is 4.16. The maximum absolute atomic E-state index is 12.8. The molecular formula is C17H24N2O4S. The summed E-state index contributed by atoms with van der Waals surface area (Å²) in [6.07, 6.45) is 0.614. The molecule has 7 heteroatoms. The number of amides is 1. The average molecular weight is 352 g/mol. The topological polar surface area (TPSA) is 74.8 Å². The van der Waals surface area contributed by atoms with Crippen molar-refractivity contribution in [1.82, 2.24) is 9.21 Å². The van der Waals surface area contributed by atoms with Crippen LogP contribution in [0.25, 0.3) is 0 Å². The van der Waals surface area contributed by atoms with Gasteiger partial charge in [-0.2, -0.15) is 4.31 Å². The minimum atomic E-state index is -3.61. The van der Waals surface area contributed by atoms with E-state index in [4.69, 9.17) is 0 Å². The summed E-state index contributed by atoms with van der Waals surface area (Å²) >= 11 is 0. The summed E-state index contributed by atoms with van der Waals surface area (Å²) in [7, 11) is -3.61. The van der Waals surface area contributed by atoms with Gasteiger partial charge < -0.3 is 4.90 Å². The summed E-state index contributed by atoms with van der Waals surface area (Å²) in [6, 6.07) is 5.99. The Labute approximate surface area is 143 Å². The molecule has 0 bridgehead atoms. The molecule has 132 valence electrons. The minimum Gasteiger partial charge on any atom is -0.341 e. The van der Waals surface area contributed by atoms with Crippen LogP contribution in [0, 0.1) is 5.92 Å². The molecule has 1 aliphatic heterocycles. The number of Topliss-reactive ketones (excluding diaryl/α,β-unsaturated/α-hetero) is 1. The van der Waals surface area contributed by atoms with Crippen LogP contribution in [0.1, 0.15) is 37.6 Å². The molecule has 0 radical (unpaired) electrons. The monoisotopic (exact) mass is 352 g/mol. The molecule has 1 heterocycles. The van der Waals surface area contributed by atoms with Crippen molar-refractivity contribution >= 4 is 21.7 Å². The van der Waals surface area contributed by atoms with Gasteiger partial charge in [-0.1, -0.05) is 26.0 Å². The van der Waals surface area contributed by atoms with Gasteiger partial charge >= 0.3 is 0 Å². The van der Waals surface area contributed by atoms with Crippen LogP contribution in [-0.4, -0.2) is 55.5 Å². The quantitative estimate of drug-likeness (QED) is 0.774. The Morgan fingerprint density at radius 1 is 1.00 bits per heavy atom. The minimum absolute atomic E-state index is 0.0556. The maximum Gasteiger partial charge on any atom is 0.243 e. The smallest absolute Gasteiger partial charge is 0.243 e. The highest BCUT2D eigenvalue weighted by atomic mass is 32.2. The Morgan fingerprint density at radius 2 is 1.62 bits per heavy atom. The third-order valence-corrected chi connectivity index (χ3v) is 6.07. The highest BCUT2D eigenvalue weighted by Gasteiger charge is 2.28. The van der Waals surface area contributed by atoms with E-state index in [1.165, 1.54) is 35.5 Å². The van der Waals surface area contributed by atoms with E-state index >= 15 is 0 Å². The van der Waals surface area contributed by atoms with E-state index in [9.17, 15) is 18.0 Å². The molecule has 24 heavy (non-hydrogen) atoms. The molecule has 6 nitrogen and oxygen atoms in total. The molecule has 1 amide bonds. The van der Waals surface area contributed by atoms with Crippen LogP contribution in [0.3, 0.4) is 0 Å². The Bertz CT molecular complexity index is 711. The first-order valence-corrected chi connectivity index (χ1v) is 9.57. The molecule has 1 saturated heterocycles. The van der Waals surface area contributed by atoms with E-state index < -0.39 is 10.0 Å². The summed E-state index contributed by atoms with van der Waals surface area (Å²) in [5.74, 6) is -0.135. The number of benzene rings is 1. The van der Waals surface area contributed by atoms with Crippen molar-refractivity contribution < 1.29 is 18.0 Å². The fourth-order valence-electron chi connectivity index (χ4n) is 2.73. The Morgan fingerprint density at radius 3 is 2.17 bits per heavy atom. The van der Waals surface area contributed by atoms with E-state index in [0.29, 0.717) is 31.6 Å². The number of ketones is 1. The van der Waals surface area contributed by atoms with Crippen LogP contribution in [0.4, 0.5) is 0 Å². The number of rotatable bonds is 4. The molecule has 2 rings (SSSR count). The lowest BCUT2D eigenvalue weighted by Gasteiger charge is -2.23. The molecule has 1 aliphatic rings. The molecule has 0 spiro atoms. The number of hydrogen-bond acceptors (Lipinski definition) is 4. The lowest BCUT2D eigenvalue weighted by molar-refractivity contribution is -0.134. The second-order valence-electron chi connectivity index (χ2n) is 6.32. The van der Waals surface area contributed by atoms with E-state index in [1.54, 1.807) is 4.90 Å². The maximum atomic E-state index is 12.8. The van der Waals surface area contributed by atoms with Gasteiger partial charge in [0.1, 0.15) is 0 Å². The standard InChI is InChI=1S/C17H24N2O4S/c1-13(2)17(21)18-9-4-10-19(12-11-18)24(22,23)16-7-5-15(6-8-16)14(3)20/h5-8,13H,4,9-12H2,1-3H3. The number of carbonyl (C=O) groups is 2. The molecular weight excluding hydrogens is 328 g/mol. The summed E-state index contributed by atoms with van der Waals surface area (Å²) in [6.45, 7) is 6.79. The molecule has 1 fully saturated rings. The third kappa shape index (κ3) is 4.02.